The number of primary amides is 1. The number of benzene rings is 1. The lowest BCUT2D eigenvalue weighted by molar-refractivity contribution is 0.0637. The van der Waals surface area contributed by atoms with E-state index in [-0.39, 0.29) is 17.0 Å². The van der Waals surface area contributed by atoms with Crippen LogP contribution in [-0.4, -0.2) is 17.2 Å². The number of carbonyl (C=O) groups is 2. The third-order valence-electron chi connectivity index (χ3n) is 2.39. The molecule has 0 saturated heterocycles. The van der Waals surface area contributed by atoms with Gasteiger partial charge >= 0.3 is 12.1 Å². The molecule has 0 radical (unpaired) electrons. The minimum absolute atomic E-state index is 0.0203. The van der Waals surface area contributed by atoms with Crippen LogP contribution in [0.4, 0.5) is 4.79 Å². The lowest BCUT2D eigenvalue weighted by Gasteiger charge is -2.02. The second kappa shape index (κ2) is 5.11. The van der Waals surface area contributed by atoms with Crippen LogP contribution in [0.15, 0.2) is 28.8 Å². The molecule has 98 valence electrons. The highest BCUT2D eigenvalue weighted by Crippen LogP contribution is 2.31. The van der Waals surface area contributed by atoms with Gasteiger partial charge in [-0.1, -0.05) is 35.0 Å². The zero-order chi connectivity index (χ0) is 14.0. The van der Waals surface area contributed by atoms with Gasteiger partial charge in [0.25, 0.3) is 0 Å². The highest BCUT2D eigenvalue weighted by Gasteiger charge is 2.25. The summed E-state index contributed by atoms with van der Waals surface area (Å²) in [6.07, 6.45) is -1.20. The number of rotatable bonds is 2. The number of ether oxygens (including phenoxy) is 1. The van der Waals surface area contributed by atoms with Crippen LogP contribution in [0.3, 0.4) is 0 Å². The number of aryl methyl sites for hydroxylation is 1. The molecule has 1 heterocycles. The fourth-order valence-corrected chi connectivity index (χ4v) is 1.82. The Morgan fingerprint density at radius 3 is 2.68 bits per heavy atom. The Kier molecular flexibility index (Phi) is 3.52. The summed E-state index contributed by atoms with van der Waals surface area (Å²) in [5, 5.41) is 4.16. The molecule has 2 aromatic rings. The first-order chi connectivity index (χ1) is 9.00. The quantitative estimate of drug-likeness (QED) is 0.673. The van der Waals surface area contributed by atoms with E-state index in [0.29, 0.717) is 10.6 Å². The topological polar surface area (TPSA) is 95.4 Å². The number of aromatic nitrogens is 1. The Morgan fingerprint density at radius 1 is 1.37 bits per heavy atom. The molecule has 0 fully saturated rings. The molecule has 2 N–H and O–H groups in total. The molecule has 0 aliphatic rings. The molecule has 19 heavy (non-hydrogen) atoms. The number of halogens is 1. The third kappa shape index (κ3) is 2.58. The van der Waals surface area contributed by atoms with Crippen LogP contribution in [0.5, 0.6) is 0 Å². The van der Waals surface area contributed by atoms with Crippen LogP contribution in [0, 0.1) is 6.92 Å². The zero-order valence-electron chi connectivity index (χ0n) is 9.84. The molecule has 0 aliphatic heterocycles. The van der Waals surface area contributed by atoms with E-state index in [1.807, 2.05) is 0 Å². The van der Waals surface area contributed by atoms with Crippen LogP contribution in [0.25, 0.3) is 11.3 Å². The monoisotopic (exact) mass is 280 g/mol. The molecule has 1 aromatic heterocycles. The van der Waals surface area contributed by atoms with Crippen LogP contribution in [-0.2, 0) is 4.74 Å². The fourth-order valence-electron chi connectivity index (χ4n) is 1.59. The average molecular weight is 281 g/mol. The zero-order valence-corrected chi connectivity index (χ0v) is 10.6. The molecule has 1 amide bonds. The predicted molar refractivity (Wildman–Crippen MR) is 66.7 cm³/mol. The van der Waals surface area contributed by atoms with Gasteiger partial charge in [0.2, 0.25) is 0 Å². The summed E-state index contributed by atoms with van der Waals surface area (Å²) in [6, 6.07) is 6.78. The van der Waals surface area contributed by atoms with Gasteiger partial charge in [-0.2, -0.15) is 0 Å². The summed E-state index contributed by atoms with van der Waals surface area (Å²) in [6.45, 7) is 1.52. The number of hydrogen-bond acceptors (Lipinski definition) is 5. The highest BCUT2D eigenvalue weighted by atomic mass is 35.5. The Hall–Kier alpha value is -2.34. The van der Waals surface area contributed by atoms with Crippen molar-refractivity contribution in [1.29, 1.82) is 0 Å². The van der Waals surface area contributed by atoms with E-state index < -0.39 is 12.1 Å². The van der Waals surface area contributed by atoms with Gasteiger partial charge < -0.3 is 15.0 Å². The van der Waals surface area contributed by atoms with Crippen molar-refractivity contribution in [3.05, 3.63) is 40.6 Å². The number of esters is 1. The molecule has 6 nitrogen and oxygen atoms in total. The molecule has 0 atom stereocenters. The maximum atomic E-state index is 11.8. The van der Waals surface area contributed by atoms with Crippen molar-refractivity contribution in [2.75, 3.05) is 0 Å². The molecular formula is C12H9ClN2O4. The van der Waals surface area contributed by atoms with E-state index in [4.69, 9.17) is 21.9 Å². The lowest BCUT2D eigenvalue weighted by Crippen LogP contribution is -2.19. The van der Waals surface area contributed by atoms with Gasteiger partial charge in [0.1, 0.15) is 17.0 Å². The smallest absolute Gasteiger partial charge is 0.373 e. The summed E-state index contributed by atoms with van der Waals surface area (Å²) >= 11 is 6.03. The van der Waals surface area contributed by atoms with Gasteiger partial charge in [0.15, 0.2) is 0 Å². The highest BCUT2D eigenvalue weighted by molar-refractivity contribution is 6.33. The first-order valence-corrected chi connectivity index (χ1v) is 5.61. The fraction of sp³-hybridized carbons (Fsp3) is 0.0833. The Balaban J connectivity index is 2.52. The third-order valence-corrected chi connectivity index (χ3v) is 2.72. The second-order valence-corrected chi connectivity index (χ2v) is 4.06. The molecule has 7 heteroatoms. The van der Waals surface area contributed by atoms with E-state index in [9.17, 15) is 9.59 Å². The summed E-state index contributed by atoms with van der Waals surface area (Å²) in [4.78, 5) is 22.4. The SMILES string of the molecule is Cc1onc(-c2ccccc2Cl)c1C(=O)OC(N)=O. The van der Waals surface area contributed by atoms with E-state index >= 15 is 0 Å². The van der Waals surface area contributed by atoms with Crippen molar-refractivity contribution in [1.82, 2.24) is 5.16 Å². The van der Waals surface area contributed by atoms with Gasteiger partial charge in [0.05, 0.1) is 5.02 Å². The molecule has 0 bridgehead atoms. The number of hydrogen-bond donors (Lipinski definition) is 1. The summed E-state index contributed by atoms with van der Waals surface area (Å²) < 4.78 is 9.28. The largest absolute Gasteiger partial charge is 0.412 e. The van der Waals surface area contributed by atoms with Crippen molar-refractivity contribution < 1.29 is 18.8 Å². The van der Waals surface area contributed by atoms with E-state index in [1.54, 1.807) is 24.3 Å². The Morgan fingerprint density at radius 2 is 2.05 bits per heavy atom. The van der Waals surface area contributed by atoms with Crippen LogP contribution in [0.1, 0.15) is 16.1 Å². The van der Waals surface area contributed by atoms with Crippen LogP contribution >= 0.6 is 11.6 Å². The van der Waals surface area contributed by atoms with Gasteiger partial charge in [-0.05, 0) is 13.0 Å². The van der Waals surface area contributed by atoms with Gasteiger partial charge in [0, 0.05) is 5.56 Å². The normalized spacial score (nSPS) is 10.2. The first-order valence-electron chi connectivity index (χ1n) is 5.23. The number of nitrogens with zero attached hydrogens (tertiary/aromatic N) is 1. The molecule has 0 aliphatic carbocycles. The van der Waals surface area contributed by atoms with Crippen molar-refractivity contribution in [2.45, 2.75) is 6.92 Å². The van der Waals surface area contributed by atoms with Crippen molar-refractivity contribution in [3.8, 4) is 11.3 Å². The van der Waals surface area contributed by atoms with E-state index in [0.717, 1.165) is 0 Å². The van der Waals surface area contributed by atoms with E-state index in [1.165, 1.54) is 6.92 Å². The minimum atomic E-state index is -1.20. The van der Waals surface area contributed by atoms with Crippen LogP contribution in [0.2, 0.25) is 5.02 Å². The molecule has 2 rings (SSSR count). The van der Waals surface area contributed by atoms with Gasteiger partial charge in [-0.25, -0.2) is 9.59 Å². The van der Waals surface area contributed by atoms with Gasteiger partial charge in [-0.3, -0.25) is 0 Å². The summed E-state index contributed by atoms with van der Waals surface area (Å²) in [7, 11) is 0. The molecule has 0 spiro atoms. The summed E-state index contributed by atoms with van der Waals surface area (Å²) in [5.41, 5.74) is 5.53. The number of carbonyl (C=O) groups excluding carboxylic acids is 2. The summed E-state index contributed by atoms with van der Waals surface area (Å²) in [5.74, 6) is -0.720. The standard InChI is InChI=1S/C12H9ClN2O4/c1-6-9(11(16)18-12(14)17)10(15-19-6)7-4-2-3-5-8(7)13/h2-5H,1H3,(H2,14,17). The average Bonchev–Trinajstić information content (AvgIpc) is 2.70. The molecular weight excluding hydrogens is 272 g/mol. The Bertz CT molecular complexity index is 651. The van der Waals surface area contributed by atoms with Crippen LogP contribution < -0.4 is 5.73 Å². The molecule has 0 unspecified atom stereocenters. The Labute approximate surface area is 113 Å². The van der Waals surface area contributed by atoms with E-state index in [2.05, 4.69) is 9.89 Å². The lowest BCUT2D eigenvalue weighted by atomic mass is 10.1. The second-order valence-electron chi connectivity index (χ2n) is 3.65. The number of amides is 1. The molecule has 1 aromatic carbocycles. The maximum Gasteiger partial charge on any atom is 0.412 e. The van der Waals surface area contributed by atoms with Gasteiger partial charge in [-0.15, -0.1) is 0 Å². The van der Waals surface area contributed by atoms with Crippen molar-refractivity contribution >= 4 is 23.7 Å². The molecule has 0 saturated carbocycles. The minimum Gasteiger partial charge on any atom is -0.373 e. The van der Waals surface area contributed by atoms with Crippen molar-refractivity contribution in [2.24, 2.45) is 5.73 Å². The number of nitrogens with two attached hydrogens (primary N) is 1. The predicted octanol–water partition coefficient (Wildman–Crippen LogP) is 2.54. The maximum absolute atomic E-state index is 11.8. The van der Waals surface area contributed by atoms with Crippen molar-refractivity contribution in [3.63, 3.8) is 0 Å². The first kappa shape index (κ1) is 13.1.